The van der Waals surface area contributed by atoms with Crippen molar-refractivity contribution in [1.82, 2.24) is 0 Å². The summed E-state index contributed by atoms with van der Waals surface area (Å²) in [5.74, 6) is 0.536. The van der Waals surface area contributed by atoms with Gasteiger partial charge in [-0.2, -0.15) is 0 Å². The molecule has 0 aliphatic rings. The second-order valence-electron chi connectivity index (χ2n) is 3.35. The predicted molar refractivity (Wildman–Crippen MR) is 69.4 cm³/mol. The van der Waals surface area contributed by atoms with Crippen LogP contribution in [0.25, 0.3) is 10.8 Å². The van der Waals surface area contributed by atoms with Crippen LogP contribution in [0.3, 0.4) is 0 Å². The molecule has 0 spiro atoms. The number of fused-ring (bicyclic) bond motifs is 1. The first-order valence-corrected chi connectivity index (χ1v) is 5.63. The largest absolute Gasteiger partial charge is 0.444 e. The highest BCUT2D eigenvalue weighted by molar-refractivity contribution is 6.44. The standard InChI is InChI=1S/C13H8Cl2O2/c14-12(8-16)13(15)17-11-6-5-9-3-1-2-4-10(9)7-11/h1-8H/b13-12+. The van der Waals surface area contributed by atoms with Gasteiger partial charge in [0.2, 0.25) is 5.22 Å². The Kier molecular flexibility index (Phi) is 3.67. The van der Waals surface area contributed by atoms with Gasteiger partial charge in [-0.05, 0) is 34.5 Å². The predicted octanol–water partition coefficient (Wildman–Crippen LogP) is 4.06. The van der Waals surface area contributed by atoms with E-state index in [0.717, 1.165) is 10.8 Å². The fourth-order valence-corrected chi connectivity index (χ4v) is 1.60. The van der Waals surface area contributed by atoms with Crippen LogP contribution in [0.1, 0.15) is 0 Å². The van der Waals surface area contributed by atoms with Crippen molar-refractivity contribution in [3.63, 3.8) is 0 Å². The summed E-state index contributed by atoms with van der Waals surface area (Å²) in [4.78, 5) is 10.4. The lowest BCUT2D eigenvalue weighted by Crippen LogP contribution is -1.92. The van der Waals surface area contributed by atoms with Crippen molar-refractivity contribution in [3.8, 4) is 5.75 Å². The van der Waals surface area contributed by atoms with E-state index in [2.05, 4.69) is 0 Å². The van der Waals surface area contributed by atoms with Gasteiger partial charge in [-0.1, -0.05) is 41.9 Å². The summed E-state index contributed by atoms with van der Waals surface area (Å²) < 4.78 is 5.26. The number of benzene rings is 2. The molecule has 4 heteroatoms. The SMILES string of the molecule is O=C/C(Cl)=C(/Cl)Oc1ccc2ccccc2c1. The quantitative estimate of drug-likeness (QED) is 0.476. The molecular weight excluding hydrogens is 259 g/mol. The minimum atomic E-state index is -0.153. The van der Waals surface area contributed by atoms with E-state index in [4.69, 9.17) is 27.9 Å². The van der Waals surface area contributed by atoms with E-state index < -0.39 is 0 Å². The number of hydrogen-bond acceptors (Lipinski definition) is 2. The molecule has 0 aliphatic heterocycles. The van der Waals surface area contributed by atoms with Gasteiger partial charge in [-0.15, -0.1) is 0 Å². The van der Waals surface area contributed by atoms with Gasteiger partial charge in [-0.25, -0.2) is 0 Å². The number of carbonyl (C=O) groups is 1. The van der Waals surface area contributed by atoms with E-state index in [0.29, 0.717) is 12.0 Å². The molecule has 0 saturated carbocycles. The van der Waals surface area contributed by atoms with Crippen LogP contribution in [0.4, 0.5) is 0 Å². The van der Waals surface area contributed by atoms with Crippen LogP contribution < -0.4 is 4.74 Å². The summed E-state index contributed by atoms with van der Waals surface area (Å²) in [7, 11) is 0. The highest BCUT2D eigenvalue weighted by Gasteiger charge is 2.04. The van der Waals surface area contributed by atoms with Gasteiger partial charge >= 0.3 is 0 Å². The zero-order valence-electron chi connectivity index (χ0n) is 8.69. The van der Waals surface area contributed by atoms with Crippen LogP contribution in [-0.2, 0) is 4.79 Å². The van der Waals surface area contributed by atoms with Gasteiger partial charge in [0.25, 0.3) is 0 Å². The van der Waals surface area contributed by atoms with Crippen molar-refractivity contribution in [2.75, 3.05) is 0 Å². The van der Waals surface area contributed by atoms with Gasteiger partial charge in [0, 0.05) is 0 Å². The third-order valence-electron chi connectivity index (χ3n) is 2.22. The lowest BCUT2D eigenvalue weighted by Gasteiger charge is -2.05. The summed E-state index contributed by atoms with van der Waals surface area (Å²) in [5.41, 5.74) is 0. The fraction of sp³-hybridized carbons (Fsp3) is 0. The number of rotatable bonds is 3. The average molecular weight is 267 g/mol. The molecule has 2 rings (SSSR count). The summed E-state index contributed by atoms with van der Waals surface area (Å²) in [6.45, 7) is 0. The van der Waals surface area contributed by atoms with E-state index in [9.17, 15) is 4.79 Å². The zero-order chi connectivity index (χ0) is 12.3. The molecule has 0 aromatic heterocycles. The maximum atomic E-state index is 10.4. The third kappa shape index (κ3) is 2.78. The van der Waals surface area contributed by atoms with Crippen molar-refractivity contribution in [3.05, 3.63) is 52.7 Å². The van der Waals surface area contributed by atoms with Gasteiger partial charge in [0.15, 0.2) is 6.29 Å². The Morgan fingerprint density at radius 3 is 2.47 bits per heavy atom. The summed E-state index contributed by atoms with van der Waals surface area (Å²) in [5, 5.41) is 1.84. The van der Waals surface area contributed by atoms with Crippen LogP contribution in [0, 0.1) is 0 Å². The minimum Gasteiger partial charge on any atom is -0.444 e. The summed E-state index contributed by atoms with van der Waals surface area (Å²) in [6.07, 6.45) is 0.435. The van der Waals surface area contributed by atoms with E-state index in [-0.39, 0.29) is 10.3 Å². The Morgan fingerprint density at radius 1 is 1.06 bits per heavy atom. The van der Waals surface area contributed by atoms with E-state index in [1.54, 1.807) is 6.07 Å². The molecule has 86 valence electrons. The van der Waals surface area contributed by atoms with Crippen molar-refractivity contribution >= 4 is 40.3 Å². The Hall–Kier alpha value is -1.51. The van der Waals surface area contributed by atoms with Gasteiger partial charge in [0.05, 0.1) is 0 Å². The van der Waals surface area contributed by atoms with E-state index in [1.165, 1.54) is 0 Å². The number of aldehydes is 1. The van der Waals surface area contributed by atoms with E-state index in [1.807, 2.05) is 36.4 Å². The van der Waals surface area contributed by atoms with Crippen molar-refractivity contribution < 1.29 is 9.53 Å². The first-order chi connectivity index (χ1) is 8.20. The molecule has 0 saturated heterocycles. The van der Waals surface area contributed by atoms with Crippen LogP contribution in [0.5, 0.6) is 5.75 Å². The molecule has 17 heavy (non-hydrogen) atoms. The Bertz CT molecular complexity index is 591. The molecule has 2 aromatic rings. The lowest BCUT2D eigenvalue weighted by atomic mass is 10.1. The van der Waals surface area contributed by atoms with Crippen LogP contribution in [0.15, 0.2) is 52.7 Å². The molecule has 0 amide bonds. The molecule has 0 unspecified atom stereocenters. The zero-order valence-corrected chi connectivity index (χ0v) is 10.2. The van der Waals surface area contributed by atoms with Crippen molar-refractivity contribution in [1.29, 1.82) is 0 Å². The van der Waals surface area contributed by atoms with Gasteiger partial charge < -0.3 is 4.74 Å². The van der Waals surface area contributed by atoms with Crippen molar-refractivity contribution in [2.45, 2.75) is 0 Å². The molecule has 0 radical (unpaired) electrons. The van der Waals surface area contributed by atoms with Crippen LogP contribution >= 0.6 is 23.2 Å². The summed E-state index contributed by atoms with van der Waals surface area (Å²) >= 11 is 11.2. The number of ether oxygens (including phenoxy) is 1. The highest BCUT2D eigenvalue weighted by atomic mass is 35.5. The molecule has 0 atom stereocenters. The second-order valence-corrected chi connectivity index (χ2v) is 4.10. The normalized spacial score (nSPS) is 12.1. The number of allylic oxidation sites excluding steroid dienone is 1. The van der Waals surface area contributed by atoms with Crippen LogP contribution in [0.2, 0.25) is 0 Å². The van der Waals surface area contributed by atoms with Crippen molar-refractivity contribution in [2.24, 2.45) is 0 Å². The molecule has 0 bridgehead atoms. The average Bonchev–Trinajstić information content (AvgIpc) is 2.37. The monoisotopic (exact) mass is 266 g/mol. The molecule has 2 nitrogen and oxygen atoms in total. The number of halogens is 2. The maximum Gasteiger partial charge on any atom is 0.215 e. The Labute approximate surface area is 108 Å². The Morgan fingerprint density at radius 2 is 1.76 bits per heavy atom. The molecule has 0 aliphatic carbocycles. The third-order valence-corrected chi connectivity index (χ3v) is 2.86. The maximum absolute atomic E-state index is 10.4. The second kappa shape index (κ2) is 5.21. The smallest absolute Gasteiger partial charge is 0.215 e. The molecule has 0 fully saturated rings. The van der Waals surface area contributed by atoms with Gasteiger partial charge in [0.1, 0.15) is 10.8 Å². The van der Waals surface area contributed by atoms with Gasteiger partial charge in [-0.3, -0.25) is 4.79 Å². The number of carbonyl (C=O) groups excluding carboxylic acids is 1. The minimum absolute atomic E-state index is 0.128. The van der Waals surface area contributed by atoms with E-state index >= 15 is 0 Å². The topological polar surface area (TPSA) is 26.3 Å². The molecular formula is C13H8Cl2O2. The lowest BCUT2D eigenvalue weighted by molar-refractivity contribution is -0.104. The first kappa shape index (κ1) is 12.0. The number of hydrogen-bond donors (Lipinski definition) is 0. The molecule has 0 N–H and O–H groups in total. The Balaban J connectivity index is 2.34. The first-order valence-electron chi connectivity index (χ1n) is 4.88. The molecule has 2 aromatic carbocycles. The highest BCUT2D eigenvalue weighted by Crippen LogP contribution is 2.24. The fourth-order valence-electron chi connectivity index (χ4n) is 1.43. The summed E-state index contributed by atoms with van der Waals surface area (Å²) in [6, 6.07) is 13.3. The molecule has 0 heterocycles. The van der Waals surface area contributed by atoms with Crippen LogP contribution in [-0.4, -0.2) is 6.29 Å².